The molecular formula is C8H15NO2S. The van der Waals surface area contributed by atoms with Gasteiger partial charge in [-0.3, -0.25) is 10.1 Å². The summed E-state index contributed by atoms with van der Waals surface area (Å²) < 4.78 is 4.70. The highest BCUT2D eigenvalue weighted by Gasteiger charge is 2.35. The van der Waals surface area contributed by atoms with Gasteiger partial charge in [0.05, 0.1) is 7.11 Å². The predicted octanol–water partition coefficient (Wildman–Crippen LogP) is 0.846. The van der Waals surface area contributed by atoms with Crippen LogP contribution in [0.25, 0.3) is 0 Å². The van der Waals surface area contributed by atoms with E-state index in [-0.39, 0.29) is 12.0 Å². The first-order valence-electron chi connectivity index (χ1n) is 4.09. The molecule has 0 aliphatic carbocycles. The fraction of sp³-hybridized carbons (Fsp3) is 0.875. The molecule has 1 N–H and O–H groups in total. The van der Waals surface area contributed by atoms with Crippen molar-refractivity contribution in [2.75, 3.05) is 13.0 Å². The lowest BCUT2D eigenvalue weighted by atomic mass is 10.0. The summed E-state index contributed by atoms with van der Waals surface area (Å²) >= 11 is 1.79. The smallest absolute Gasteiger partial charge is 0.324 e. The van der Waals surface area contributed by atoms with Gasteiger partial charge in [0.1, 0.15) is 6.04 Å². The maximum absolute atomic E-state index is 11.2. The summed E-state index contributed by atoms with van der Waals surface area (Å²) in [5, 5.41) is 3.49. The molecule has 1 fully saturated rings. The van der Waals surface area contributed by atoms with Crippen LogP contribution in [-0.4, -0.2) is 30.2 Å². The number of hydrogen-bond acceptors (Lipinski definition) is 4. The van der Waals surface area contributed by atoms with Crippen molar-refractivity contribution in [1.82, 2.24) is 5.32 Å². The summed E-state index contributed by atoms with van der Waals surface area (Å²) in [7, 11) is 1.43. The van der Waals surface area contributed by atoms with Crippen LogP contribution >= 0.6 is 11.8 Å². The maximum atomic E-state index is 11.2. The van der Waals surface area contributed by atoms with Gasteiger partial charge < -0.3 is 4.74 Å². The summed E-state index contributed by atoms with van der Waals surface area (Å²) in [6.07, 6.45) is 0. The van der Waals surface area contributed by atoms with E-state index in [0.29, 0.717) is 11.2 Å². The molecule has 2 atom stereocenters. The van der Waals surface area contributed by atoms with E-state index in [0.717, 1.165) is 5.88 Å². The quantitative estimate of drug-likeness (QED) is 0.653. The molecule has 12 heavy (non-hydrogen) atoms. The standard InChI is InChI=1S/C8H15NO2S/c1-5(2)7-6(8(10)11-3)9-4-12-7/h5-7,9H,4H2,1-3H3/t6-,7+/m0/s1. The SMILES string of the molecule is COC(=O)[C@H]1NCS[C@@H]1C(C)C. The highest BCUT2D eigenvalue weighted by Crippen LogP contribution is 2.27. The van der Waals surface area contributed by atoms with Crippen LogP contribution in [-0.2, 0) is 9.53 Å². The Morgan fingerprint density at radius 2 is 2.33 bits per heavy atom. The van der Waals surface area contributed by atoms with E-state index in [1.807, 2.05) is 0 Å². The third kappa shape index (κ3) is 1.93. The fourth-order valence-corrected chi connectivity index (χ4v) is 2.62. The molecule has 1 aliphatic rings. The van der Waals surface area contributed by atoms with Gasteiger partial charge in [-0.25, -0.2) is 0 Å². The number of thioether (sulfide) groups is 1. The molecular weight excluding hydrogens is 174 g/mol. The lowest BCUT2D eigenvalue weighted by Crippen LogP contribution is -2.41. The minimum Gasteiger partial charge on any atom is -0.468 e. The van der Waals surface area contributed by atoms with Crippen LogP contribution in [0.4, 0.5) is 0 Å². The van der Waals surface area contributed by atoms with Gasteiger partial charge in [-0.05, 0) is 5.92 Å². The first-order chi connectivity index (χ1) is 5.66. The summed E-state index contributed by atoms with van der Waals surface area (Å²) in [5.41, 5.74) is 0. The lowest BCUT2D eigenvalue weighted by Gasteiger charge is -2.19. The van der Waals surface area contributed by atoms with Gasteiger partial charge in [0, 0.05) is 11.1 Å². The van der Waals surface area contributed by atoms with E-state index in [1.54, 1.807) is 11.8 Å². The second-order valence-electron chi connectivity index (χ2n) is 3.22. The molecule has 1 rings (SSSR count). The van der Waals surface area contributed by atoms with Gasteiger partial charge >= 0.3 is 5.97 Å². The Hall–Kier alpha value is -0.220. The van der Waals surface area contributed by atoms with Crippen molar-refractivity contribution in [3.8, 4) is 0 Å². The van der Waals surface area contributed by atoms with Gasteiger partial charge in [-0.1, -0.05) is 13.8 Å². The fourth-order valence-electron chi connectivity index (χ4n) is 1.37. The van der Waals surface area contributed by atoms with E-state index < -0.39 is 0 Å². The van der Waals surface area contributed by atoms with E-state index in [9.17, 15) is 4.79 Å². The number of rotatable bonds is 2. The Kier molecular flexibility index (Phi) is 3.40. The number of carbonyl (C=O) groups excluding carboxylic acids is 1. The highest BCUT2D eigenvalue weighted by molar-refractivity contribution is 8.00. The van der Waals surface area contributed by atoms with Crippen molar-refractivity contribution in [2.45, 2.75) is 25.1 Å². The summed E-state index contributed by atoms with van der Waals surface area (Å²) in [6, 6.07) is -0.111. The Balaban J connectivity index is 2.57. The van der Waals surface area contributed by atoms with Crippen molar-refractivity contribution in [3.05, 3.63) is 0 Å². The highest BCUT2D eigenvalue weighted by atomic mass is 32.2. The molecule has 0 saturated carbocycles. The zero-order valence-corrected chi connectivity index (χ0v) is 8.48. The Morgan fingerprint density at radius 3 is 2.83 bits per heavy atom. The minimum atomic E-state index is -0.140. The molecule has 0 spiro atoms. The molecule has 3 nitrogen and oxygen atoms in total. The predicted molar refractivity (Wildman–Crippen MR) is 50.0 cm³/mol. The Labute approximate surface area is 77.2 Å². The van der Waals surface area contributed by atoms with Gasteiger partial charge in [0.15, 0.2) is 0 Å². The topological polar surface area (TPSA) is 38.3 Å². The minimum absolute atomic E-state index is 0.111. The van der Waals surface area contributed by atoms with Crippen LogP contribution in [0.15, 0.2) is 0 Å². The molecule has 4 heteroatoms. The van der Waals surface area contributed by atoms with E-state index in [2.05, 4.69) is 19.2 Å². The molecule has 0 unspecified atom stereocenters. The van der Waals surface area contributed by atoms with E-state index >= 15 is 0 Å². The van der Waals surface area contributed by atoms with Crippen molar-refractivity contribution >= 4 is 17.7 Å². The third-order valence-corrected chi connectivity index (χ3v) is 3.55. The molecule has 1 aliphatic heterocycles. The number of methoxy groups -OCH3 is 1. The van der Waals surface area contributed by atoms with Crippen molar-refractivity contribution in [1.29, 1.82) is 0 Å². The molecule has 0 amide bonds. The molecule has 0 aromatic heterocycles. The van der Waals surface area contributed by atoms with Gasteiger partial charge in [0.25, 0.3) is 0 Å². The number of esters is 1. The molecule has 0 bridgehead atoms. The molecule has 0 aromatic rings. The lowest BCUT2D eigenvalue weighted by molar-refractivity contribution is -0.143. The van der Waals surface area contributed by atoms with E-state index in [1.165, 1.54) is 7.11 Å². The number of ether oxygens (including phenoxy) is 1. The molecule has 0 radical (unpaired) electrons. The van der Waals surface area contributed by atoms with Crippen molar-refractivity contribution in [3.63, 3.8) is 0 Å². The molecule has 0 aromatic carbocycles. The van der Waals surface area contributed by atoms with Gasteiger partial charge in [0.2, 0.25) is 0 Å². The summed E-state index contributed by atoms with van der Waals surface area (Å²) in [4.78, 5) is 11.2. The van der Waals surface area contributed by atoms with E-state index in [4.69, 9.17) is 4.74 Å². The van der Waals surface area contributed by atoms with Crippen LogP contribution in [0.2, 0.25) is 0 Å². The van der Waals surface area contributed by atoms with Crippen LogP contribution < -0.4 is 5.32 Å². The maximum Gasteiger partial charge on any atom is 0.324 e. The monoisotopic (exact) mass is 189 g/mol. The largest absolute Gasteiger partial charge is 0.468 e. The summed E-state index contributed by atoms with van der Waals surface area (Å²) in [6.45, 7) is 4.25. The second kappa shape index (κ2) is 4.14. The first-order valence-corrected chi connectivity index (χ1v) is 5.14. The zero-order chi connectivity index (χ0) is 9.14. The first kappa shape index (κ1) is 9.86. The Morgan fingerprint density at radius 1 is 1.67 bits per heavy atom. The number of carbonyl (C=O) groups is 1. The summed E-state index contributed by atoms with van der Waals surface area (Å²) in [5.74, 6) is 1.22. The average Bonchev–Trinajstić information content (AvgIpc) is 2.50. The van der Waals surface area contributed by atoms with Crippen LogP contribution in [0, 0.1) is 5.92 Å². The average molecular weight is 189 g/mol. The second-order valence-corrected chi connectivity index (χ2v) is 4.39. The third-order valence-electron chi connectivity index (χ3n) is 2.02. The van der Waals surface area contributed by atoms with Crippen LogP contribution in [0.5, 0.6) is 0 Å². The molecule has 70 valence electrons. The van der Waals surface area contributed by atoms with Crippen LogP contribution in [0.3, 0.4) is 0 Å². The van der Waals surface area contributed by atoms with Crippen molar-refractivity contribution in [2.24, 2.45) is 5.92 Å². The van der Waals surface area contributed by atoms with Gasteiger partial charge in [-0.15, -0.1) is 11.8 Å². The number of hydrogen-bond donors (Lipinski definition) is 1. The Bertz CT molecular complexity index is 172. The number of nitrogens with one attached hydrogen (secondary N) is 1. The molecule has 1 saturated heterocycles. The van der Waals surface area contributed by atoms with Crippen molar-refractivity contribution < 1.29 is 9.53 Å². The van der Waals surface area contributed by atoms with Crippen LogP contribution in [0.1, 0.15) is 13.8 Å². The zero-order valence-electron chi connectivity index (χ0n) is 7.66. The molecule has 1 heterocycles. The van der Waals surface area contributed by atoms with Gasteiger partial charge in [-0.2, -0.15) is 0 Å². The normalized spacial score (nSPS) is 29.3.